The number of anilines is 1. The van der Waals surface area contributed by atoms with Gasteiger partial charge in [-0.1, -0.05) is 34.8 Å². The van der Waals surface area contributed by atoms with E-state index in [9.17, 15) is 4.57 Å². The van der Waals surface area contributed by atoms with E-state index in [-0.39, 0.29) is 0 Å². The van der Waals surface area contributed by atoms with E-state index in [4.69, 9.17) is 50.6 Å². The third kappa shape index (κ3) is 3.65. The van der Waals surface area contributed by atoms with Crippen molar-refractivity contribution in [3.8, 4) is 0 Å². The summed E-state index contributed by atoms with van der Waals surface area (Å²) in [6, 6.07) is 11.8. The van der Waals surface area contributed by atoms with Gasteiger partial charge in [-0.25, -0.2) is 4.57 Å². The molecule has 0 aromatic heterocycles. The van der Waals surface area contributed by atoms with Crippen molar-refractivity contribution in [2.24, 2.45) is 0 Å². The largest absolute Gasteiger partial charge is 0.438 e. The van der Waals surface area contributed by atoms with Crippen LogP contribution in [0.5, 0.6) is 0 Å². The van der Waals surface area contributed by atoms with E-state index >= 15 is 0 Å². The highest BCUT2D eigenvalue weighted by atomic mass is 35.7. The Hall–Kier alpha value is -0.830. The Morgan fingerprint density at radius 2 is 1.65 bits per heavy atom. The fourth-order valence-electron chi connectivity index (χ4n) is 2.18. The fourth-order valence-corrected chi connectivity index (χ4v) is 4.68. The van der Waals surface area contributed by atoms with Gasteiger partial charge in [-0.15, -0.1) is 0 Å². The van der Waals surface area contributed by atoms with Crippen molar-refractivity contribution in [1.29, 1.82) is 0 Å². The van der Waals surface area contributed by atoms with Crippen LogP contribution in [0.25, 0.3) is 5.76 Å². The molecule has 1 aliphatic heterocycles. The molecule has 0 aliphatic carbocycles. The summed E-state index contributed by atoms with van der Waals surface area (Å²) in [6.45, 7) is -3.27. The zero-order chi connectivity index (χ0) is 16.6. The van der Waals surface area contributed by atoms with Crippen molar-refractivity contribution in [3.05, 3.63) is 69.2 Å². The molecule has 0 saturated carbocycles. The summed E-state index contributed by atoms with van der Waals surface area (Å²) in [5.41, 5.74) is 1.25. The number of benzene rings is 2. The average molecular weight is 409 g/mol. The minimum atomic E-state index is -3.58. The standard InChI is InChI=1S/C15H10Cl4NO2P/c16-10-1-4-12(5-2-10)20-8-7-15(22-23(20,19)21)13-6-3-11(17)9-14(13)18/h1-7,9H,8H2. The summed E-state index contributed by atoms with van der Waals surface area (Å²) in [4.78, 5) is 0. The summed E-state index contributed by atoms with van der Waals surface area (Å²) in [6.07, 6.45) is 1.77. The number of hydrogen-bond donors (Lipinski definition) is 0. The highest BCUT2D eigenvalue weighted by Crippen LogP contribution is 2.62. The van der Waals surface area contributed by atoms with E-state index < -0.39 is 6.87 Å². The van der Waals surface area contributed by atoms with E-state index in [1.54, 1.807) is 48.5 Å². The van der Waals surface area contributed by atoms with Crippen molar-refractivity contribution in [2.75, 3.05) is 11.2 Å². The SMILES string of the molecule is O=P1(Cl)OC(c2ccc(Cl)cc2Cl)=CCN1c1ccc(Cl)cc1. The summed E-state index contributed by atoms with van der Waals surface area (Å²) >= 11 is 24.1. The van der Waals surface area contributed by atoms with Crippen molar-refractivity contribution >= 4 is 64.4 Å². The molecule has 0 saturated heterocycles. The maximum atomic E-state index is 12.7. The van der Waals surface area contributed by atoms with Crippen LogP contribution in [0.4, 0.5) is 5.69 Å². The Morgan fingerprint density at radius 3 is 2.26 bits per heavy atom. The molecule has 23 heavy (non-hydrogen) atoms. The maximum Gasteiger partial charge on any atom is 0.438 e. The van der Waals surface area contributed by atoms with Crippen molar-refractivity contribution < 1.29 is 9.09 Å². The number of rotatable bonds is 2. The molecular weight excluding hydrogens is 399 g/mol. The first-order valence-electron chi connectivity index (χ1n) is 6.55. The molecule has 0 bridgehead atoms. The molecule has 0 amide bonds. The van der Waals surface area contributed by atoms with Crippen LogP contribution in [0.15, 0.2) is 48.5 Å². The lowest BCUT2D eigenvalue weighted by atomic mass is 10.2. The van der Waals surface area contributed by atoms with Crippen molar-refractivity contribution in [3.63, 3.8) is 0 Å². The van der Waals surface area contributed by atoms with Gasteiger partial charge in [0, 0.05) is 32.5 Å². The smallest absolute Gasteiger partial charge is 0.418 e. The highest BCUT2D eigenvalue weighted by molar-refractivity contribution is 7.86. The van der Waals surface area contributed by atoms with Gasteiger partial charge in [0.25, 0.3) is 0 Å². The third-order valence-electron chi connectivity index (χ3n) is 3.27. The van der Waals surface area contributed by atoms with Gasteiger partial charge < -0.3 is 4.52 Å². The van der Waals surface area contributed by atoms with Crippen LogP contribution in [0.3, 0.4) is 0 Å². The van der Waals surface area contributed by atoms with Gasteiger partial charge in [0.05, 0.1) is 11.6 Å². The number of nitrogens with zero attached hydrogens (tertiary/aromatic N) is 1. The molecule has 1 atom stereocenters. The summed E-state index contributed by atoms with van der Waals surface area (Å²) in [7, 11) is 0. The van der Waals surface area contributed by atoms with Crippen LogP contribution < -0.4 is 4.67 Å². The molecule has 8 heteroatoms. The lowest BCUT2D eigenvalue weighted by Crippen LogP contribution is -2.22. The predicted octanol–water partition coefficient (Wildman–Crippen LogP) is 6.87. The second-order valence-corrected chi connectivity index (χ2v) is 8.92. The second-order valence-electron chi connectivity index (χ2n) is 4.79. The molecule has 120 valence electrons. The zero-order valence-electron chi connectivity index (χ0n) is 11.5. The first-order chi connectivity index (χ1) is 10.9. The molecule has 1 unspecified atom stereocenters. The maximum absolute atomic E-state index is 12.7. The Bertz CT molecular complexity index is 823. The van der Waals surface area contributed by atoms with E-state index in [1.165, 1.54) is 4.67 Å². The summed E-state index contributed by atoms with van der Waals surface area (Å²) in [5, 5.41) is 1.49. The highest BCUT2D eigenvalue weighted by Gasteiger charge is 2.35. The number of halogens is 4. The Balaban J connectivity index is 1.94. The molecule has 0 radical (unpaired) electrons. The summed E-state index contributed by atoms with van der Waals surface area (Å²) in [5.74, 6) is 0.371. The van der Waals surface area contributed by atoms with Crippen LogP contribution in [-0.4, -0.2) is 6.54 Å². The van der Waals surface area contributed by atoms with Gasteiger partial charge in [-0.2, -0.15) is 0 Å². The average Bonchev–Trinajstić information content (AvgIpc) is 2.47. The van der Waals surface area contributed by atoms with Crippen LogP contribution in [0, 0.1) is 0 Å². The Labute approximate surface area is 153 Å². The molecular formula is C15H10Cl4NO2P. The Morgan fingerprint density at radius 1 is 1.00 bits per heavy atom. The van der Waals surface area contributed by atoms with Crippen molar-refractivity contribution in [2.45, 2.75) is 0 Å². The van der Waals surface area contributed by atoms with Gasteiger partial charge in [-0.05, 0) is 48.5 Å². The molecule has 1 heterocycles. The lowest BCUT2D eigenvalue weighted by Gasteiger charge is -2.32. The van der Waals surface area contributed by atoms with Crippen LogP contribution in [0.1, 0.15) is 5.56 Å². The quantitative estimate of drug-likeness (QED) is 0.507. The van der Waals surface area contributed by atoms with Crippen LogP contribution >= 0.6 is 52.9 Å². The molecule has 0 fully saturated rings. The molecule has 3 nitrogen and oxygen atoms in total. The first kappa shape index (κ1) is 17.0. The lowest BCUT2D eigenvalue weighted by molar-refractivity contribution is 0.466. The van der Waals surface area contributed by atoms with Crippen molar-refractivity contribution in [1.82, 2.24) is 0 Å². The minimum Gasteiger partial charge on any atom is -0.418 e. The summed E-state index contributed by atoms with van der Waals surface area (Å²) < 4.78 is 19.7. The molecule has 0 spiro atoms. The van der Waals surface area contributed by atoms with Gasteiger partial charge >= 0.3 is 6.87 Å². The third-order valence-corrected chi connectivity index (χ3v) is 6.22. The predicted molar refractivity (Wildman–Crippen MR) is 97.8 cm³/mol. The van der Waals surface area contributed by atoms with E-state index in [1.807, 2.05) is 0 Å². The van der Waals surface area contributed by atoms with E-state index in [0.717, 1.165) is 0 Å². The van der Waals surface area contributed by atoms with Gasteiger partial charge in [0.15, 0.2) is 0 Å². The molecule has 3 rings (SSSR count). The number of hydrogen-bond acceptors (Lipinski definition) is 2. The van der Waals surface area contributed by atoms with Crippen LogP contribution in [-0.2, 0) is 9.09 Å². The topological polar surface area (TPSA) is 29.5 Å². The van der Waals surface area contributed by atoms with Gasteiger partial charge in [-0.3, -0.25) is 4.67 Å². The molecule has 2 aromatic rings. The minimum absolute atomic E-state index is 0.316. The second kappa shape index (κ2) is 6.58. The van der Waals surface area contributed by atoms with Crippen LogP contribution in [0.2, 0.25) is 15.1 Å². The van der Waals surface area contributed by atoms with E-state index in [2.05, 4.69) is 0 Å². The van der Waals surface area contributed by atoms with E-state index in [0.29, 0.717) is 38.6 Å². The molecule has 1 aliphatic rings. The first-order valence-corrected chi connectivity index (χ1v) is 10.2. The fraction of sp³-hybridized carbons (Fsp3) is 0.0667. The zero-order valence-corrected chi connectivity index (χ0v) is 15.5. The molecule has 2 aromatic carbocycles. The normalized spacial score (nSPS) is 20.9. The Kier molecular flexibility index (Phi) is 4.87. The monoisotopic (exact) mass is 407 g/mol. The van der Waals surface area contributed by atoms with Gasteiger partial charge in [0.2, 0.25) is 0 Å². The molecule has 0 N–H and O–H groups in total. The van der Waals surface area contributed by atoms with Gasteiger partial charge in [0.1, 0.15) is 5.76 Å².